The van der Waals surface area contributed by atoms with Crippen LogP contribution in [0.25, 0.3) is 0 Å². The summed E-state index contributed by atoms with van der Waals surface area (Å²) >= 11 is 3.64. The number of aliphatic imine (C=N–C) groups is 1. The highest BCUT2D eigenvalue weighted by Crippen LogP contribution is 2.32. The number of nitrogens with zero attached hydrogens (tertiary/aromatic N) is 2. The van der Waals surface area contributed by atoms with Crippen LogP contribution in [0.4, 0.5) is 4.39 Å². The summed E-state index contributed by atoms with van der Waals surface area (Å²) in [7, 11) is 0. The van der Waals surface area contributed by atoms with Gasteiger partial charge < -0.3 is 4.90 Å². The third-order valence-corrected chi connectivity index (χ3v) is 6.79. The van der Waals surface area contributed by atoms with E-state index in [-0.39, 0.29) is 5.82 Å². The van der Waals surface area contributed by atoms with E-state index in [0.29, 0.717) is 18.5 Å². The normalized spacial score (nSPS) is 14.0. The number of rotatable bonds is 7. The van der Waals surface area contributed by atoms with Crippen LogP contribution >= 0.6 is 15.9 Å². The van der Waals surface area contributed by atoms with Crippen molar-refractivity contribution >= 4 is 21.8 Å². The summed E-state index contributed by atoms with van der Waals surface area (Å²) in [6, 6.07) is 25.8. The van der Waals surface area contributed by atoms with Crippen LogP contribution in [0.3, 0.4) is 0 Å². The molecule has 0 amide bonds. The molecule has 0 N–H and O–H groups in total. The fraction of sp³-hybridized carbons (Fsp3) is 0.179. The zero-order valence-electron chi connectivity index (χ0n) is 18.2. The Bertz CT molecular complexity index is 1170. The van der Waals surface area contributed by atoms with Crippen molar-refractivity contribution in [3.05, 3.63) is 129 Å². The van der Waals surface area contributed by atoms with E-state index in [2.05, 4.69) is 51.7 Å². The van der Waals surface area contributed by atoms with Gasteiger partial charge in [0.1, 0.15) is 11.7 Å². The summed E-state index contributed by atoms with van der Waals surface area (Å²) in [4.78, 5) is 6.98. The fourth-order valence-corrected chi connectivity index (χ4v) is 4.29. The first-order chi connectivity index (χ1) is 15.5. The summed E-state index contributed by atoms with van der Waals surface area (Å²) < 4.78 is 15.9. The van der Waals surface area contributed by atoms with E-state index in [1.165, 1.54) is 17.2 Å². The lowest BCUT2D eigenvalue weighted by Gasteiger charge is -2.33. The van der Waals surface area contributed by atoms with Crippen LogP contribution in [0.15, 0.2) is 106 Å². The van der Waals surface area contributed by atoms with Crippen LogP contribution in [-0.4, -0.2) is 17.3 Å². The molecule has 2 nitrogen and oxygen atoms in total. The van der Waals surface area contributed by atoms with Gasteiger partial charge in [0.25, 0.3) is 0 Å². The zero-order valence-corrected chi connectivity index (χ0v) is 19.8. The molecule has 1 aliphatic heterocycles. The van der Waals surface area contributed by atoms with E-state index in [1.54, 1.807) is 6.07 Å². The molecule has 0 spiro atoms. The Labute approximate surface area is 197 Å². The van der Waals surface area contributed by atoms with Gasteiger partial charge >= 0.3 is 0 Å². The molecule has 0 fully saturated rings. The summed E-state index contributed by atoms with van der Waals surface area (Å²) in [5.74, 6) is 0.565. The minimum Gasteiger partial charge on any atom is -0.325 e. The molecule has 4 rings (SSSR count). The molecule has 0 saturated heterocycles. The zero-order chi connectivity index (χ0) is 22.5. The van der Waals surface area contributed by atoms with Crippen molar-refractivity contribution in [1.29, 1.82) is 0 Å². The van der Waals surface area contributed by atoms with Gasteiger partial charge in [0, 0.05) is 12.1 Å². The van der Waals surface area contributed by atoms with Crippen molar-refractivity contribution < 1.29 is 4.39 Å². The first-order valence-corrected chi connectivity index (χ1v) is 11.6. The number of amidine groups is 1. The Balaban J connectivity index is 1.67. The second-order valence-corrected chi connectivity index (χ2v) is 8.71. The van der Waals surface area contributed by atoms with E-state index in [0.717, 1.165) is 40.1 Å². The average Bonchev–Trinajstić information content (AvgIpc) is 2.82. The lowest BCUT2D eigenvalue weighted by molar-refractivity contribution is 0.521. The van der Waals surface area contributed by atoms with Crippen molar-refractivity contribution in [2.45, 2.75) is 26.2 Å². The number of hydrogen-bond acceptors (Lipinski definition) is 2. The molecule has 3 aromatic carbocycles. The molecule has 0 bridgehead atoms. The van der Waals surface area contributed by atoms with Gasteiger partial charge in [-0.2, -0.15) is 0 Å². The van der Waals surface area contributed by atoms with Crippen LogP contribution in [0, 0.1) is 5.82 Å². The van der Waals surface area contributed by atoms with Gasteiger partial charge in [-0.1, -0.05) is 79.4 Å². The summed E-state index contributed by atoms with van der Waals surface area (Å²) in [5.41, 5.74) is 5.65. The fourth-order valence-electron chi connectivity index (χ4n) is 3.99. The summed E-state index contributed by atoms with van der Waals surface area (Å²) in [6.45, 7) is 6.97. The number of halogens is 2. The van der Waals surface area contributed by atoms with Crippen LogP contribution < -0.4 is 0 Å². The van der Waals surface area contributed by atoms with Gasteiger partial charge in [0.05, 0.1) is 15.9 Å². The molecule has 0 saturated carbocycles. The van der Waals surface area contributed by atoms with E-state index in [4.69, 9.17) is 4.99 Å². The Morgan fingerprint density at radius 3 is 2.12 bits per heavy atom. The molecule has 3 aromatic rings. The monoisotopic (exact) mass is 488 g/mol. The molecular weight excluding hydrogens is 463 g/mol. The molecule has 0 atom stereocenters. The van der Waals surface area contributed by atoms with Crippen LogP contribution in [-0.2, 0) is 19.3 Å². The summed E-state index contributed by atoms with van der Waals surface area (Å²) in [6.07, 6.45) is 2.21. The highest BCUT2D eigenvalue weighted by molar-refractivity contribution is 9.12. The molecule has 32 heavy (non-hydrogen) atoms. The van der Waals surface area contributed by atoms with Gasteiger partial charge in [-0.25, -0.2) is 9.38 Å². The third-order valence-electron chi connectivity index (χ3n) is 5.76. The molecule has 0 unspecified atom stereocenters. The Hall–Kier alpha value is -2.98. The SMILES string of the molecule is C=C1C(Br)=C(C)N=C(c2cccc(F)c2CCc2ccccc2)N1CCc1ccccc1. The second-order valence-electron chi connectivity index (χ2n) is 7.92. The maximum absolute atomic E-state index is 15.0. The molecule has 1 heterocycles. The van der Waals surface area contributed by atoms with Gasteiger partial charge in [0.15, 0.2) is 0 Å². The van der Waals surface area contributed by atoms with Gasteiger partial charge in [-0.3, -0.25) is 0 Å². The van der Waals surface area contributed by atoms with Crippen molar-refractivity contribution in [2.24, 2.45) is 4.99 Å². The van der Waals surface area contributed by atoms with Gasteiger partial charge in [-0.05, 0) is 64.9 Å². The van der Waals surface area contributed by atoms with Gasteiger partial charge in [-0.15, -0.1) is 0 Å². The number of aryl methyl sites for hydroxylation is 1. The smallest absolute Gasteiger partial charge is 0.141 e. The first-order valence-electron chi connectivity index (χ1n) is 10.8. The molecule has 0 radical (unpaired) electrons. The quantitative estimate of drug-likeness (QED) is 0.347. The average molecular weight is 489 g/mol. The third kappa shape index (κ3) is 4.91. The largest absolute Gasteiger partial charge is 0.325 e. The van der Waals surface area contributed by atoms with E-state index in [1.807, 2.05) is 49.4 Å². The standard InChI is InChI=1S/C28H26BrFN2/c1-20-27(29)21(2)32(19-18-23-12-7-4-8-13-23)28(31-20)25-14-9-15-26(30)24(25)17-16-22-10-5-3-6-11-22/h3-15H,2,16-19H2,1H3. The van der Waals surface area contributed by atoms with E-state index in [9.17, 15) is 0 Å². The maximum Gasteiger partial charge on any atom is 0.141 e. The van der Waals surface area contributed by atoms with Crippen molar-refractivity contribution in [2.75, 3.05) is 6.54 Å². The van der Waals surface area contributed by atoms with E-state index >= 15 is 4.39 Å². The Morgan fingerprint density at radius 2 is 1.47 bits per heavy atom. The maximum atomic E-state index is 15.0. The molecule has 0 aliphatic carbocycles. The number of allylic oxidation sites excluding steroid dienone is 2. The Morgan fingerprint density at radius 1 is 0.844 bits per heavy atom. The van der Waals surface area contributed by atoms with Crippen LogP contribution in [0.1, 0.15) is 29.2 Å². The first kappa shape index (κ1) is 22.2. The van der Waals surface area contributed by atoms with Gasteiger partial charge in [0.2, 0.25) is 0 Å². The molecule has 4 heteroatoms. The Kier molecular flexibility index (Phi) is 7.01. The predicted molar refractivity (Wildman–Crippen MR) is 134 cm³/mol. The van der Waals surface area contributed by atoms with Crippen molar-refractivity contribution in [3.63, 3.8) is 0 Å². The predicted octanol–water partition coefficient (Wildman–Crippen LogP) is 7.06. The minimum atomic E-state index is -0.193. The molecule has 1 aliphatic rings. The van der Waals surface area contributed by atoms with E-state index < -0.39 is 0 Å². The van der Waals surface area contributed by atoms with Crippen molar-refractivity contribution in [3.8, 4) is 0 Å². The number of benzene rings is 3. The molecular formula is C28H26BrFN2. The topological polar surface area (TPSA) is 15.6 Å². The highest BCUT2D eigenvalue weighted by Gasteiger charge is 2.26. The molecule has 162 valence electrons. The van der Waals surface area contributed by atoms with Crippen LogP contribution in [0.2, 0.25) is 0 Å². The minimum absolute atomic E-state index is 0.193. The lowest BCUT2D eigenvalue weighted by Crippen LogP contribution is -2.36. The lowest BCUT2D eigenvalue weighted by atomic mass is 9.97. The van der Waals surface area contributed by atoms with Crippen LogP contribution in [0.5, 0.6) is 0 Å². The second kappa shape index (κ2) is 10.1. The molecule has 0 aromatic heterocycles. The number of hydrogen-bond donors (Lipinski definition) is 0. The summed E-state index contributed by atoms with van der Waals surface area (Å²) in [5, 5.41) is 0. The van der Waals surface area contributed by atoms with Crippen molar-refractivity contribution in [1.82, 2.24) is 4.90 Å². The highest BCUT2D eigenvalue weighted by atomic mass is 79.9.